The molecule has 1 fully saturated rings. The van der Waals surface area contributed by atoms with Gasteiger partial charge in [0, 0.05) is 18.7 Å². The number of hydrogen-bond acceptors (Lipinski definition) is 10. The maximum atomic E-state index is 12.7. The predicted octanol–water partition coefficient (Wildman–Crippen LogP) is 1.76. The number of nitrogens with zero attached hydrogens (tertiary/aromatic N) is 2. The van der Waals surface area contributed by atoms with Crippen LogP contribution in [0, 0.1) is 11.3 Å². The van der Waals surface area contributed by atoms with Gasteiger partial charge in [0.2, 0.25) is 10.0 Å². The van der Waals surface area contributed by atoms with Crippen LogP contribution in [0.5, 0.6) is 0 Å². The molecule has 2 aromatic rings. The number of nitrogens with two attached hydrogens (primary N) is 1. The van der Waals surface area contributed by atoms with Crippen molar-refractivity contribution >= 4 is 38.3 Å². The van der Waals surface area contributed by atoms with Gasteiger partial charge in [-0.05, 0) is 31.2 Å². The second-order valence-electron chi connectivity index (χ2n) is 6.60. The van der Waals surface area contributed by atoms with E-state index in [1.165, 1.54) is 28.6 Å². The van der Waals surface area contributed by atoms with Crippen molar-refractivity contribution in [2.45, 2.75) is 18.4 Å². The molecule has 0 unspecified atom stereocenters. The van der Waals surface area contributed by atoms with Gasteiger partial charge in [0.25, 0.3) is 0 Å². The van der Waals surface area contributed by atoms with Gasteiger partial charge >= 0.3 is 11.9 Å². The van der Waals surface area contributed by atoms with E-state index in [0.717, 1.165) is 11.3 Å². The molecule has 1 aromatic heterocycles. The van der Waals surface area contributed by atoms with E-state index in [9.17, 15) is 23.3 Å². The van der Waals surface area contributed by atoms with Crippen LogP contribution in [0.25, 0.3) is 0 Å². The SMILES string of the molecule is CCOC(=O)c1sc(N)c(C#N)c1COC(=O)c1ccc(S(=O)(=O)N2CCOCC2)cc1. The summed E-state index contributed by atoms with van der Waals surface area (Å²) in [4.78, 5) is 24.8. The lowest BCUT2D eigenvalue weighted by atomic mass is 10.1. The van der Waals surface area contributed by atoms with Crippen LogP contribution in [0.4, 0.5) is 5.00 Å². The van der Waals surface area contributed by atoms with E-state index in [0.29, 0.717) is 13.2 Å². The number of benzene rings is 1. The van der Waals surface area contributed by atoms with Crippen molar-refractivity contribution in [3.05, 3.63) is 45.8 Å². The fourth-order valence-electron chi connectivity index (χ4n) is 3.03. The summed E-state index contributed by atoms with van der Waals surface area (Å²) >= 11 is 0.888. The Morgan fingerprint density at radius 2 is 1.84 bits per heavy atom. The Hall–Kier alpha value is -2.98. The minimum atomic E-state index is -3.69. The lowest BCUT2D eigenvalue weighted by molar-refractivity contribution is 0.0452. The highest BCUT2D eigenvalue weighted by Gasteiger charge is 2.27. The Morgan fingerprint density at radius 1 is 1.19 bits per heavy atom. The average Bonchev–Trinajstić information content (AvgIpc) is 3.13. The summed E-state index contributed by atoms with van der Waals surface area (Å²) in [6.07, 6.45) is 0. The number of nitrogen functional groups attached to an aromatic ring is 1. The van der Waals surface area contributed by atoms with E-state index in [1.54, 1.807) is 6.92 Å². The number of anilines is 1. The Kier molecular flexibility index (Phi) is 7.47. The molecule has 1 aliphatic heterocycles. The number of morpholine rings is 1. The highest BCUT2D eigenvalue weighted by Crippen LogP contribution is 2.32. The number of sulfonamides is 1. The molecule has 10 nitrogen and oxygen atoms in total. The number of hydrogen-bond donors (Lipinski definition) is 1. The zero-order valence-corrected chi connectivity index (χ0v) is 18.8. The molecule has 0 amide bonds. The molecular weight excluding hydrogens is 458 g/mol. The third-order valence-corrected chi connectivity index (χ3v) is 7.61. The zero-order valence-electron chi connectivity index (χ0n) is 17.2. The van der Waals surface area contributed by atoms with Gasteiger partial charge in [0.15, 0.2) is 0 Å². The van der Waals surface area contributed by atoms with Gasteiger partial charge in [-0.2, -0.15) is 9.57 Å². The molecule has 0 radical (unpaired) electrons. The molecule has 0 aliphatic carbocycles. The van der Waals surface area contributed by atoms with Crippen molar-refractivity contribution in [1.82, 2.24) is 4.31 Å². The van der Waals surface area contributed by atoms with Gasteiger partial charge in [-0.25, -0.2) is 18.0 Å². The van der Waals surface area contributed by atoms with Crippen LogP contribution in [0.3, 0.4) is 0 Å². The van der Waals surface area contributed by atoms with E-state index in [4.69, 9.17) is 19.9 Å². The highest BCUT2D eigenvalue weighted by atomic mass is 32.2. The van der Waals surface area contributed by atoms with Crippen molar-refractivity contribution in [2.75, 3.05) is 38.6 Å². The number of thiophene rings is 1. The van der Waals surface area contributed by atoms with E-state index < -0.39 is 22.0 Å². The standard InChI is InChI=1S/C20H21N3O7S2/c1-2-29-20(25)17-16(15(11-21)18(22)31-17)12-30-19(24)13-3-5-14(6-4-13)32(26,27)23-7-9-28-10-8-23/h3-6H,2,7-10,12,22H2,1H3. The average molecular weight is 480 g/mol. The van der Waals surface area contributed by atoms with Gasteiger partial charge < -0.3 is 19.9 Å². The van der Waals surface area contributed by atoms with Gasteiger partial charge in [-0.15, -0.1) is 11.3 Å². The van der Waals surface area contributed by atoms with Gasteiger partial charge in [0.05, 0.1) is 35.8 Å². The largest absolute Gasteiger partial charge is 0.462 e. The van der Waals surface area contributed by atoms with Crippen molar-refractivity contribution in [3.63, 3.8) is 0 Å². The van der Waals surface area contributed by atoms with Crippen LogP contribution in [0.15, 0.2) is 29.2 Å². The van der Waals surface area contributed by atoms with Crippen molar-refractivity contribution in [1.29, 1.82) is 5.26 Å². The first-order valence-corrected chi connectivity index (χ1v) is 11.9. The Balaban J connectivity index is 1.74. The molecule has 1 aromatic carbocycles. The lowest BCUT2D eigenvalue weighted by Crippen LogP contribution is -2.40. The first-order valence-electron chi connectivity index (χ1n) is 9.63. The van der Waals surface area contributed by atoms with Crippen LogP contribution in [-0.2, 0) is 30.8 Å². The number of ether oxygens (including phenoxy) is 3. The second-order valence-corrected chi connectivity index (χ2v) is 9.59. The number of rotatable bonds is 7. The Morgan fingerprint density at radius 3 is 2.44 bits per heavy atom. The second kappa shape index (κ2) is 10.1. The van der Waals surface area contributed by atoms with Crippen molar-refractivity contribution in [2.24, 2.45) is 0 Å². The molecule has 0 atom stereocenters. The Bertz CT molecular complexity index is 1150. The molecule has 170 valence electrons. The normalized spacial score (nSPS) is 14.5. The third kappa shape index (κ3) is 4.91. The predicted molar refractivity (Wildman–Crippen MR) is 115 cm³/mol. The summed E-state index contributed by atoms with van der Waals surface area (Å²) in [7, 11) is -3.69. The van der Waals surface area contributed by atoms with Gasteiger partial charge in [-0.1, -0.05) is 0 Å². The first-order chi connectivity index (χ1) is 15.3. The van der Waals surface area contributed by atoms with E-state index >= 15 is 0 Å². The van der Waals surface area contributed by atoms with E-state index in [-0.39, 0.29) is 57.8 Å². The molecule has 0 spiro atoms. The molecule has 32 heavy (non-hydrogen) atoms. The zero-order chi connectivity index (χ0) is 23.3. The topological polar surface area (TPSA) is 149 Å². The highest BCUT2D eigenvalue weighted by molar-refractivity contribution is 7.89. The molecule has 2 N–H and O–H groups in total. The van der Waals surface area contributed by atoms with Crippen LogP contribution in [-0.4, -0.2) is 57.6 Å². The maximum absolute atomic E-state index is 12.7. The van der Waals surface area contributed by atoms with Crippen LogP contribution in [0.2, 0.25) is 0 Å². The fraction of sp³-hybridized carbons (Fsp3) is 0.350. The number of nitriles is 1. The maximum Gasteiger partial charge on any atom is 0.348 e. The number of carbonyl (C=O) groups excluding carboxylic acids is 2. The summed E-state index contributed by atoms with van der Waals surface area (Å²) in [5.41, 5.74) is 6.15. The van der Waals surface area contributed by atoms with Crippen LogP contribution < -0.4 is 5.73 Å². The Labute approximate surface area is 189 Å². The van der Waals surface area contributed by atoms with Gasteiger partial charge in [0.1, 0.15) is 22.6 Å². The van der Waals surface area contributed by atoms with Gasteiger partial charge in [-0.3, -0.25) is 0 Å². The van der Waals surface area contributed by atoms with E-state index in [2.05, 4.69) is 0 Å². The lowest BCUT2D eigenvalue weighted by Gasteiger charge is -2.26. The molecule has 0 saturated carbocycles. The molecule has 12 heteroatoms. The third-order valence-electron chi connectivity index (χ3n) is 4.65. The quantitative estimate of drug-likeness (QED) is 0.586. The minimum absolute atomic E-state index is 0.0535. The van der Waals surface area contributed by atoms with E-state index in [1.807, 2.05) is 6.07 Å². The van der Waals surface area contributed by atoms with Crippen molar-refractivity contribution < 1.29 is 32.2 Å². The van der Waals surface area contributed by atoms with Crippen molar-refractivity contribution in [3.8, 4) is 6.07 Å². The fourth-order valence-corrected chi connectivity index (χ4v) is 5.35. The van der Waals surface area contributed by atoms with Crippen LogP contribution in [0.1, 0.15) is 38.1 Å². The minimum Gasteiger partial charge on any atom is -0.462 e. The monoisotopic (exact) mass is 479 g/mol. The summed E-state index contributed by atoms with van der Waals surface area (Å²) in [6.45, 7) is 2.60. The molecule has 3 rings (SSSR count). The summed E-state index contributed by atoms with van der Waals surface area (Å²) in [6, 6.07) is 7.25. The molecular formula is C20H21N3O7S2. The summed E-state index contributed by atoms with van der Waals surface area (Å²) in [5, 5.41) is 9.46. The first kappa shape index (κ1) is 23.7. The molecule has 1 saturated heterocycles. The smallest absolute Gasteiger partial charge is 0.348 e. The van der Waals surface area contributed by atoms with Crippen LogP contribution >= 0.6 is 11.3 Å². The molecule has 2 heterocycles. The summed E-state index contributed by atoms with van der Waals surface area (Å²) in [5.74, 6) is -1.40. The number of carbonyl (C=O) groups is 2. The molecule has 1 aliphatic rings. The summed E-state index contributed by atoms with van der Waals surface area (Å²) < 4.78 is 42.1. The molecule has 0 bridgehead atoms. The number of esters is 2.